The van der Waals surface area contributed by atoms with Crippen molar-refractivity contribution in [3.8, 4) is 5.75 Å². The molecule has 2 aromatic rings. The third kappa shape index (κ3) is 3.05. The van der Waals surface area contributed by atoms with E-state index in [1.54, 1.807) is 28.8 Å². The maximum absolute atomic E-state index is 12.5. The molecule has 108 valence electrons. The van der Waals surface area contributed by atoms with Gasteiger partial charge < -0.3 is 10.0 Å². The van der Waals surface area contributed by atoms with Gasteiger partial charge in [-0.15, -0.1) is 11.8 Å². The minimum atomic E-state index is -0.0236. The van der Waals surface area contributed by atoms with Gasteiger partial charge in [-0.1, -0.05) is 30.3 Å². The van der Waals surface area contributed by atoms with Crippen LogP contribution in [0.3, 0.4) is 0 Å². The minimum absolute atomic E-state index is 0.0236. The minimum Gasteiger partial charge on any atom is -0.508 e. The second-order valence-corrected chi connectivity index (χ2v) is 6.52. The van der Waals surface area contributed by atoms with Crippen LogP contribution in [0.15, 0.2) is 53.4 Å². The first-order chi connectivity index (χ1) is 10.1. The van der Waals surface area contributed by atoms with Gasteiger partial charge in [-0.2, -0.15) is 0 Å². The highest BCUT2D eigenvalue weighted by Crippen LogP contribution is 2.37. The van der Waals surface area contributed by atoms with Crippen LogP contribution in [0.2, 0.25) is 0 Å². The molecule has 0 aliphatic carbocycles. The number of aromatic hydroxyl groups is 1. The topological polar surface area (TPSA) is 40.5 Å². The summed E-state index contributed by atoms with van der Waals surface area (Å²) >= 11 is 1.65. The molecule has 0 aromatic heterocycles. The Hall–Kier alpha value is -1.94. The first kappa shape index (κ1) is 14.0. The van der Waals surface area contributed by atoms with Gasteiger partial charge in [-0.05, 0) is 35.7 Å². The maximum Gasteiger partial charge on any atom is 0.236 e. The van der Waals surface area contributed by atoms with E-state index in [0.29, 0.717) is 6.54 Å². The van der Waals surface area contributed by atoms with E-state index < -0.39 is 0 Å². The SMILES string of the molecule is CN(Cc1ccc(O)cc1)C(=O)C1Cc2ccccc2S1. The molecule has 4 heteroatoms. The number of phenols is 1. The molecule has 21 heavy (non-hydrogen) atoms. The zero-order chi connectivity index (χ0) is 14.8. The number of hydrogen-bond acceptors (Lipinski definition) is 3. The predicted molar refractivity (Wildman–Crippen MR) is 84.4 cm³/mol. The smallest absolute Gasteiger partial charge is 0.236 e. The van der Waals surface area contributed by atoms with Crippen LogP contribution in [-0.4, -0.2) is 28.2 Å². The monoisotopic (exact) mass is 299 g/mol. The highest BCUT2D eigenvalue weighted by molar-refractivity contribution is 8.01. The van der Waals surface area contributed by atoms with Gasteiger partial charge in [0, 0.05) is 18.5 Å². The van der Waals surface area contributed by atoms with Gasteiger partial charge in [0.15, 0.2) is 0 Å². The number of benzene rings is 2. The second-order valence-electron chi connectivity index (χ2n) is 5.28. The van der Waals surface area contributed by atoms with Crippen molar-refractivity contribution in [3.63, 3.8) is 0 Å². The Morgan fingerprint density at radius 3 is 2.67 bits per heavy atom. The summed E-state index contributed by atoms with van der Waals surface area (Å²) in [4.78, 5) is 15.5. The van der Waals surface area contributed by atoms with Crippen LogP contribution in [0.25, 0.3) is 0 Å². The fraction of sp³-hybridized carbons (Fsp3) is 0.235. The molecule has 0 saturated heterocycles. The number of amides is 1. The largest absolute Gasteiger partial charge is 0.508 e. The average Bonchev–Trinajstić information content (AvgIpc) is 2.92. The summed E-state index contributed by atoms with van der Waals surface area (Å²) in [6.07, 6.45) is 0.805. The number of carbonyl (C=O) groups excluding carboxylic acids is 1. The van der Waals surface area contributed by atoms with E-state index >= 15 is 0 Å². The number of fused-ring (bicyclic) bond motifs is 1. The number of carbonyl (C=O) groups is 1. The van der Waals surface area contributed by atoms with E-state index in [9.17, 15) is 9.90 Å². The van der Waals surface area contributed by atoms with Crippen molar-refractivity contribution in [2.75, 3.05) is 7.05 Å². The number of nitrogens with zero attached hydrogens (tertiary/aromatic N) is 1. The summed E-state index contributed by atoms with van der Waals surface area (Å²) in [5.74, 6) is 0.402. The molecule has 1 aliphatic heterocycles. The van der Waals surface area contributed by atoms with Gasteiger partial charge in [0.1, 0.15) is 5.75 Å². The lowest BCUT2D eigenvalue weighted by molar-refractivity contribution is -0.129. The van der Waals surface area contributed by atoms with Crippen LogP contribution in [0.1, 0.15) is 11.1 Å². The Balaban J connectivity index is 1.65. The van der Waals surface area contributed by atoms with E-state index in [-0.39, 0.29) is 16.9 Å². The number of phenolic OH excluding ortho intramolecular Hbond substituents is 1. The van der Waals surface area contributed by atoms with Gasteiger partial charge >= 0.3 is 0 Å². The molecule has 2 aromatic carbocycles. The number of hydrogen-bond donors (Lipinski definition) is 1. The van der Waals surface area contributed by atoms with Crippen LogP contribution in [0, 0.1) is 0 Å². The fourth-order valence-electron chi connectivity index (χ4n) is 2.52. The fourth-order valence-corrected chi connectivity index (χ4v) is 3.83. The molecule has 1 heterocycles. The van der Waals surface area contributed by atoms with Crippen molar-refractivity contribution in [2.24, 2.45) is 0 Å². The molecule has 1 unspecified atom stereocenters. The summed E-state index contributed by atoms with van der Waals surface area (Å²) in [5, 5.41) is 9.27. The van der Waals surface area contributed by atoms with E-state index in [1.165, 1.54) is 10.5 Å². The third-order valence-electron chi connectivity index (χ3n) is 3.65. The molecule has 1 atom stereocenters. The molecule has 1 aliphatic rings. The lowest BCUT2D eigenvalue weighted by Gasteiger charge is -2.20. The second kappa shape index (κ2) is 5.82. The first-order valence-corrected chi connectivity index (χ1v) is 7.79. The van der Waals surface area contributed by atoms with Crippen molar-refractivity contribution in [2.45, 2.75) is 23.1 Å². The average molecular weight is 299 g/mol. The molecule has 0 bridgehead atoms. The van der Waals surface area contributed by atoms with Crippen LogP contribution < -0.4 is 0 Å². The molecule has 0 spiro atoms. The maximum atomic E-state index is 12.5. The summed E-state index contributed by atoms with van der Waals surface area (Å²) in [5.41, 5.74) is 2.28. The van der Waals surface area contributed by atoms with Gasteiger partial charge in [-0.25, -0.2) is 0 Å². The summed E-state index contributed by atoms with van der Waals surface area (Å²) in [6, 6.07) is 15.2. The molecule has 0 radical (unpaired) electrons. The number of thioether (sulfide) groups is 1. The Morgan fingerprint density at radius 1 is 1.24 bits per heavy atom. The van der Waals surface area contributed by atoms with E-state index in [0.717, 1.165) is 12.0 Å². The molecule has 3 nitrogen and oxygen atoms in total. The zero-order valence-electron chi connectivity index (χ0n) is 11.8. The molecule has 0 fully saturated rings. The van der Waals surface area contributed by atoms with Crippen molar-refractivity contribution < 1.29 is 9.90 Å². The van der Waals surface area contributed by atoms with Crippen LogP contribution in [0.4, 0.5) is 0 Å². The molecular weight excluding hydrogens is 282 g/mol. The predicted octanol–water partition coefficient (Wildman–Crippen LogP) is 3.07. The standard InChI is InChI=1S/C17H17NO2S/c1-18(11-12-6-8-14(19)9-7-12)17(20)16-10-13-4-2-3-5-15(13)21-16/h2-9,16,19H,10-11H2,1H3. The van der Waals surface area contributed by atoms with Crippen LogP contribution in [-0.2, 0) is 17.8 Å². The van der Waals surface area contributed by atoms with Crippen molar-refractivity contribution in [3.05, 3.63) is 59.7 Å². The van der Waals surface area contributed by atoms with E-state index in [1.807, 2.05) is 31.3 Å². The number of rotatable bonds is 3. The lowest BCUT2D eigenvalue weighted by Crippen LogP contribution is -2.34. The Morgan fingerprint density at radius 2 is 1.95 bits per heavy atom. The first-order valence-electron chi connectivity index (χ1n) is 6.91. The highest BCUT2D eigenvalue weighted by atomic mass is 32.2. The highest BCUT2D eigenvalue weighted by Gasteiger charge is 2.29. The summed E-state index contributed by atoms with van der Waals surface area (Å²) in [7, 11) is 1.83. The van der Waals surface area contributed by atoms with E-state index in [2.05, 4.69) is 12.1 Å². The van der Waals surface area contributed by atoms with Crippen molar-refractivity contribution in [1.82, 2.24) is 4.90 Å². The Bertz CT molecular complexity index is 629. The van der Waals surface area contributed by atoms with Gasteiger partial charge in [0.2, 0.25) is 5.91 Å². The summed E-state index contributed by atoms with van der Waals surface area (Å²) < 4.78 is 0. The quantitative estimate of drug-likeness (QED) is 0.947. The molecule has 3 rings (SSSR count). The normalized spacial score (nSPS) is 16.5. The van der Waals surface area contributed by atoms with Crippen molar-refractivity contribution >= 4 is 17.7 Å². The van der Waals surface area contributed by atoms with Crippen LogP contribution in [0.5, 0.6) is 5.75 Å². The van der Waals surface area contributed by atoms with Gasteiger partial charge in [-0.3, -0.25) is 4.79 Å². The molecule has 1 amide bonds. The van der Waals surface area contributed by atoms with Crippen LogP contribution >= 0.6 is 11.8 Å². The Labute approximate surface area is 128 Å². The molecule has 1 N–H and O–H groups in total. The van der Waals surface area contributed by atoms with Gasteiger partial charge in [0.25, 0.3) is 0 Å². The Kier molecular flexibility index (Phi) is 3.88. The van der Waals surface area contributed by atoms with Crippen molar-refractivity contribution in [1.29, 1.82) is 0 Å². The van der Waals surface area contributed by atoms with Gasteiger partial charge in [0.05, 0.1) is 5.25 Å². The lowest BCUT2D eigenvalue weighted by atomic mass is 10.1. The molecule has 0 saturated carbocycles. The third-order valence-corrected chi connectivity index (χ3v) is 4.96. The zero-order valence-corrected chi connectivity index (χ0v) is 12.6. The molecular formula is C17H17NO2S. The summed E-state index contributed by atoms with van der Waals surface area (Å²) in [6.45, 7) is 0.562. The van der Waals surface area contributed by atoms with E-state index in [4.69, 9.17) is 0 Å².